The number of hydrogen-bond donors (Lipinski definition) is 1. The number of carbonyl (C=O) groups is 4. The van der Waals surface area contributed by atoms with Crippen LogP contribution in [-0.4, -0.2) is 41.0 Å². The van der Waals surface area contributed by atoms with Crippen LogP contribution in [-0.2, 0) is 23.9 Å². The lowest BCUT2D eigenvalue weighted by atomic mass is 9.95. The molecule has 1 atom stereocenters. The number of para-hydroxylation sites is 2. The van der Waals surface area contributed by atoms with Gasteiger partial charge in [-0.3, -0.25) is 19.3 Å². The quantitative estimate of drug-likeness (QED) is 0.680. The lowest BCUT2D eigenvalue weighted by molar-refractivity contribution is -0.148. The molecule has 0 saturated heterocycles. The molecule has 2 heterocycles. The van der Waals surface area contributed by atoms with Crippen LogP contribution < -0.4 is 15.2 Å². The number of fused-ring (bicyclic) bond motifs is 1. The third kappa shape index (κ3) is 4.41. The number of rotatable bonds is 4. The van der Waals surface area contributed by atoms with E-state index in [-0.39, 0.29) is 30.4 Å². The summed E-state index contributed by atoms with van der Waals surface area (Å²) < 4.78 is 5.49. The molecule has 35 heavy (non-hydrogen) atoms. The zero-order valence-electron chi connectivity index (χ0n) is 20.4. The average molecular weight is 477 g/mol. The molecule has 2 aromatic rings. The summed E-state index contributed by atoms with van der Waals surface area (Å²) in [6, 6.07) is 12.6. The average Bonchev–Trinajstić information content (AvgIpc) is 2.81. The van der Waals surface area contributed by atoms with Gasteiger partial charge in [0.05, 0.1) is 17.1 Å². The van der Waals surface area contributed by atoms with Gasteiger partial charge >= 0.3 is 5.97 Å². The van der Waals surface area contributed by atoms with Crippen molar-refractivity contribution in [2.45, 2.75) is 59.1 Å². The summed E-state index contributed by atoms with van der Waals surface area (Å²) in [5.74, 6) is -1.88. The van der Waals surface area contributed by atoms with Gasteiger partial charge in [0.2, 0.25) is 11.8 Å². The molecule has 0 spiro atoms. The van der Waals surface area contributed by atoms with Gasteiger partial charge in [-0.05, 0) is 63.9 Å². The van der Waals surface area contributed by atoms with Crippen LogP contribution in [0.1, 0.15) is 44.7 Å². The fourth-order valence-electron chi connectivity index (χ4n) is 4.14. The van der Waals surface area contributed by atoms with Gasteiger partial charge in [0.25, 0.3) is 5.91 Å². The molecule has 1 N–H and O–H groups in total. The molecule has 0 unspecified atom stereocenters. The number of nitrogens with one attached hydrogen (secondary N) is 1. The van der Waals surface area contributed by atoms with Gasteiger partial charge in [-0.15, -0.1) is 0 Å². The first kappa shape index (κ1) is 24.1. The fourth-order valence-corrected chi connectivity index (χ4v) is 4.14. The molecule has 0 radical (unpaired) electrons. The number of benzene rings is 2. The minimum atomic E-state index is -1.19. The van der Waals surface area contributed by atoms with Crippen molar-refractivity contribution in [1.82, 2.24) is 0 Å². The predicted octanol–water partition coefficient (Wildman–Crippen LogP) is 3.48. The Bertz CT molecular complexity index is 1270. The topological polar surface area (TPSA) is 108 Å². The maximum atomic E-state index is 13.4. The van der Waals surface area contributed by atoms with E-state index in [1.165, 1.54) is 16.8 Å². The van der Waals surface area contributed by atoms with E-state index >= 15 is 0 Å². The number of hydrazone groups is 1. The van der Waals surface area contributed by atoms with Crippen LogP contribution in [0.4, 0.5) is 17.1 Å². The van der Waals surface area contributed by atoms with Crippen LogP contribution in [0.3, 0.4) is 0 Å². The van der Waals surface area contributed by atoms with Gasteiger partial charge in [-0.25, -0.2) is 4.79 Å². The van der Waals surface area contributed by atoms with Crippen molar-refractivity contribution in [3.05, 3.63) is 53.6 Å². The summed E-state index contributed by atoms with van der Waals surface area (Å²) in [5.41, 5.74) is 2.28. The molecule has 4 rings (SSSR count). The molecule has 2 aliphatic heterocycles. The van der Waals surface area contributed by atoms with E-state index < -0.39 is 23.5 Å². The lowest BCUT2D eigenvalue weighted by Gasteiger charge is -2.42. The Balaban J connectivity index is 1.57. The Morgan fingerprint density at radius 3 is 2.51 bits per heavy atom. The second kappa shape index (κ2) is 8.98. The first-order valence-electron chi connectivity index (χ1n) is 11.4. The second-order valence-electron chi connectivity index (χ2n) is 9.29. The molecule has 0 fully saturated rings. The number of nitrogens with zero attached hydrogens (tertiary/aromatic N) is 3. The molecule has 2 aromatic carbocycles. The van der Waals surface area contributed by atoms with E-state index in [1.807, 2.05) is 32.0 Å². The summed E-state index contributed by atoms with van der Waals surface area (Å²) in [6.45, 7) is 8.49. The molecule has 9 heteroatoms. The highest BCUT2D eigenvalue weighted by molar-refractivity contribution is 6.38. The minimum absolute atomic E-state index is 0.0567. The Kier molecular flexibility index (Phi) is 6.19. The Labute approximate surface area is 203 Å². The van der Waals surface area contributed by atoms with Crippen LogP contribution in [0, 0.1) is 13.8 Å². The van der Waals surface area contributed by atoms with Crippen LogP contribution in [0.2, 0.25) is 0 Å². The molecular formula is C26H28N4O5. The lowest BCUT2D eigenvalue weighted by Crippen LogP contribution is -2.60. The van der Waals surface area contributed by atoms with E-state index in [1.54, 1.807) is 38.1 Å². The van der Waals surface area contributed by atoms with E-state index in [9.17, 15) is 19.2 Å². The number of carbonyl (C=O) groups excluding carboxylic acids is 4. The highest BCUT2D eigenvalue weighted by Crippen LogP contribution is 2.37. The van der Waals surface area contributed by atoms with Crippen LogP contribution in [0.15, 0.2) is 47.6 Å². The maximum absolute atomic E-state index is 13.4. The summed E-state index contributed by atoms with van der Waals surface area (Å²) >= 11 is 0. The van der Waals surface area contributed by atoms with Crippen molar-refractivity contribution in [1.29, 1.82) is 0 Å². The highest BCUT2D eigenvalue weighted by Gasteiger charge is 2.45. The normalized spacial score (nSPS) is 17.8. The van der Waals surface area contributed by atoms with Crippen molar-refractivity contribution in [2.75, 3.05) is 15.2 Å². The van der Waals surface area contributed by atoms with Gasteiger partial charge in [0, 0.05) is 12.8 Å². The van der Waals surface area contributed by atoms with Gasteiger partial charge in [-0.1, -0.05) is 24.3 Å². The first-order valence-corrected chi connectivity index (χ1v) is 11.4. The van der Waals surface area contributed by atoms with Crippen molar-refractivity contribution in [3.8, 4) is 0 Å². The summed E-state index contributed by atoms with van der Waals surface area (Å²) in [5, 5.41) is 8.30. The molecule has 0 bridgehead atoms. The number of amides is 3. The predicted molar refractivity (Wildman–Crippen MR) is 132 cm³/mol. The smallest absolute Gasteiger partial charge is 0.355 e. The van der Waals surface area contributed by atoms with E-state index in [0.29, 0.717) is 17.1 Å². The zero-order chi connectivity index (χ0) is 25.5. The number of anilines is 3. The van der Waals surface area contributed by atoms with E-state index in [2.05, 4.69) is 10.4 Å². The Morgan fingerprint density at radius 2 is 1.77 bits per heavy atom. The van der Waals surface area contributed by atoms with Crippen molar-refractivity contribution in [2.24, 2.45) is 5.10 Å². The van der Waals surface area contributed by atoms with E-state index in [4.69, 9.17) is 4.74 Å². The van der Waals surface area contributed by atoms with Crippen LogP contribution in [0.25, 0.3) is 0 Å². The molecule has 2 aliphatic rings. The number of esters is 1. The number of ether oxygens (including phenoxy) is 1. The fraction of sp³-hybridized carbons (Fsp3) is 0.346. The Hall–Kier alpha value is -4.01. The van der Waals surface area contributed by atoms with Gasteiger partial charge in [0.15, 0.2) is 6.10 Å². The standard InChI is InChI=1S/C26H28N4O5/c1-15-10-11-16(2)21(14-15)30-22(31)13-12-19(28-30)24(33)35-17(3)23(32)29-20-9-7-6-8-18(20)27-25(34)26(29,4)5/h6-11,14,17H,12-13H2,1-5H3,(H,27,34)/t17-/m0/s1. The molecular weight excluding hydrogens is 448 g/mol. The Morgan fingerprint density at radius 1 is 1.06 bits per heavy atom. The van der Waals surface area contributed by atoms with Crippen LogP contribution >= 0.6 is 0 Å². The van der Waals surface area contributed by atoms with Crippen LogP contribution in [0.5, 0.6) is 0 Å². The molecule has 0 aromatic heterocycles. The van der Waals surface area contributed by atoms with Crippen molar-refractivity contribution < 1.29 is 23.9 Å². The third-order valence-corrected chi connectivity index (χ3v) is 6.22. The van der Waals surface area contributed by atoms with E-state index in [0.717, 1.165) is 11.1 Å². The maximum Gasteiger partial charge on any atom is 0.355 e. The summed E-state index contributed by atoms with van der Waals surface area (Å²) in [7, 11) is 0. The van der Waals surface area contributed by atoms with Gasteiger partial charge in [0.1, 0.15) is 11.3 Å². The van der Waals surface area contributed by atoms with Crippen molar-refractivity contribution >= 4 is 46.5 Å². The van der Waals surface area contributed by atoms with Gasteiger partial charge in [-0.2, -0.15) is 10.1 Å². The number of hydrogen-bond acceptors (Lipinski definition) is 6. The summed E-state index contributed by atoms with van der Waals surface area (Å²) in [6.07, 6.45) is -0.980. The third-order valence-electron chi connectivity index (χ3n) is 6.22. The second-order valence-corrected chi connectivity index (χ2v) is 9.29. The first-order chi connectivity index (χ1) is 16.5. The molecule has 3 amide bonds. The largest absolute Gasteiger partial charge is 0.448 e. The minimum Gasteiger partial charge on any atom is -0.448 e. The molecule has 0 saturated carbocycles. The molecule has 9 nitrogen and oxygen atoms in total. The zero-order valence-corrected chi connectivity index (χ0v) is 20.4. The van der Waals surface area contributed by atoms with Gasteiger partial charge < -0.3 is 10.1 Å². The number of aryl methyl sites for hydroxylation is 2. The SMILES string of the molecule is Cc1ccc(C)c(N2N=C(C(=O)O[C@@H](C)C(=O)N3c4ccccc4NC(=O)C3(C)C)CCC2=O)c1. The molecule has 0 aliphatic carbocycles. The molecule has 182 valence electrons. The highest BCUT2D eigenvalue weighted by atomic mass is 16.5. The van der Waals surface area contributed by atoms with Crippen molar-refractivity contribution in [3.63, 3.8) is 0 Å². The monoisotopic (exact) mass is 476 g/mol. The summed E-state index contributed by atoms with van der Waals surface area (Å²) in [4.78, 5) is 53.0.